The van der Waals surface area contributed by atoms with Crippen molar-refractivity contribution < 1.29 is 4.74 Å². The normalized spacial score (nSPS) is 18.5. The van der Waals surface area contributed by atoms with Crippen molar-refractivity contribution >= 4 is 11.5 Å². The van der Waals surface area contributed by atoms with Crippen molar-refractivity contribution in [2.45, 2.75) is 52.0 Å². The van der Waals surface area contributed by atoms with E-state index in [1.807, 2.05) is 12.3 Å². The average molecular weight is 366 g/mol. The van der Waals surface area contributed by atoms with E-state index in [1.165, 1.54) is 43.2 Å². The number of hydrogen-bond acceptors (Lipinski definition) is 4. The van der Waals surface area contributed by atoms with Crippen molar-refractivity contribution in [2.75, 3.05) is 29.9 Å². The van der Waals surface area contributed by atoms with Gasteiger partial charge in [-0.1, -0.05) is 49.1 Å². The quantitative estimate of drug-likeness (QED) is 0.776. The molecule has 0 saturated heterocycles. The highest BCUT2D eigenvalue weighted by Gasteiger charge is 2.26. The maximum absolute atomic E-state index is 5.96. The molecule has 1 atom stereocenters. The Morgan fingerprint density at radius 2 is 1.93 bits per heavy atom. The molecule has 1 fully saturated rings. The number of nitrogens with one attached hydrogen (secondary N) is 1. The molecule has 2 aromatic rings. The van der Waals surface area contributed by atoms with Crippen LogP contribution in [0.3, 0.4) is 0 Å². The minimum absolute atomic E-state index is 0.197. The predicted molar refractivity (Wildman–Crippen MR) is 112 cm³/mol. The Balaban J connectivity index is 1.55. The second kappa shape index (κ2) is 8.20. The van der Waals surface area contributed by atoms with Gasteiger partial charge in [-0.2, -0.15) is 0 Å². The molecule has 0 amide bonds. The van der Waals surface area contributed by atoms with Gasteiger partial charge in [0.1, 0.15) is 18.0 Å². The molecular weight excluding hydrogens is 334 g/mol. The number of nitrogens with zero attached hydrogens (tertiary/aromatic N) is 2. The van der Waals surface area contributed by atoms with Crippen LogP contribution in [-0.2, 0) is 0 Å². The molecule has 1 aromatic heterocycles. The Morgan fingerprint density at radius 3 is 2.70 bits per heavy atom. The molecule has 4 rings (SSSR count). The molecule has 0 spiro atoms. The fourth-order valence-corrected chi connectivity index (χ4v) is 4.35. The molecule has 4 nitrogen and oxygen atoms in total. The van der Waals surface area contributed by atoms with Gasteiger partial charge >= 0.3 is 0 Å². The van der Waals surface area contributed by atoms with E-state index in [1.54, 1.807) is 0 Å². The van der Waals surface area contributed by atoms with E-state index in [9.17, 15) is 0 Å². The summed E-state index contributed by atoms with van der Waals surface area (Å²) in [6, 6.07) is 10.9. The zero-order valence-electron chi connectivity index (χ0n) is 16.6. The summed E-state index contributed by atoms with van der Waals surface area (Å²) >= 11 is 0. The van der Waals surface area contributed by atoms with Gasteiger partial charge in [0.25, 0.3) is 0 Å². The van der Waals surface area contributed by atoms with Crippen molar-refractivity contribution in [3.63, 3.8) is 0 Å². The van der Waals surface area contributed by atoms with Crippen LogP contribution >= 0.6 is 0 Å². The van der Waals surface area contributed by atoms with Gasteiger partial charge in [-0.3, -0.25) is 0 Å². The van der Waals surface area contributed by atoms with Crippen LogP contribution in [0.25, 0.3) is 0 Å². The molecule has 2 heterocycles. The zero-order valence-corrected chi connectivity index (χ0v) is 16.6. The Hall–Kier alpha value is -2.23. The highest BCUT2D eigenvalue weighted by molar-refractivity contribution is 5.74. The van der Waals surface area contributed by atoms with E-state index >= 15 is 0 Å². The summed E-state index contributed by atoms with van der Waals surface area (Å²) in [4.78, 5) is 7.19. The van der Waals surface area contributed by atoms with Gasteiger partial charge in [-0.25, -0.2) is 4.98 Å². The van der Waals surface area contributed by atoms with Crippen LogP contribution in [0, 0.1) is 12.8 Å². The zero-order chi connectivity index (χ0) is 18.6. The first-order chi connectivity index (χ1) is 13.2. The lowest BCUT2D eigenvalue weighted by Gasteiger charge is -2.36. The number of benzene rings is 1. The monoisotopic (exact) mass is 365 g/mol. The largest absolute Gasteiger partial charge is 0.489 e. The van der Waals surface area contributed by atoms with Crippen molar-refractivity contribution in [3.8, 4) is 5.75 Å². The molecule has 2 aliphatic rings. The fourth-order valence-electron chi connectivity index (χ4n) is 4.35. The first-order valence-electron chi connectivity index (χ1n) is 10.4. The van der Waals surface area contributed by atoms with E-state index in [2.05, 4.69) is 53.3 Å². The number of anilines is 2. The Kier molecular flexibility index (Phi) is 5.51. The van der Waals surface area contributed by atoms with E-state index < -0.39 is 0 Å². The SMILES string of the molecule is Cc1ccc(C(C)Nc2nccc3c2N(CC2CCCCC2)CCO3)cc1. The van der Waals surface area contributed by atoms with Gasteiger partial charge in [-0.05, 0) is 38.2 Å². The number of aromatic nitrogens is 1. The van der Waals surface area contributed by atoms with Crippen molar-refractivity contribution in [3.05, 3.63) is 47.7 Å². The summed E-state index contributed by atoms with van der Waals surface area (Å²) in [7, 11) is 0. The average Bonchev–Trinajstić information content (AvgIpc) is 2.69. The maximum Gasteiger partial charge on any atom is 0.153 e. The fraction of sp³-hybridized carbons (Fsp3) is 0.522. The van der Waals surface area contributed by atoms with Crippen molar-refractivity contribution in [1.29, 1.82) is 0 Å². The van der Waals surface area contributed by atoms with Gasteiger partial charge in [0.15, 0.2) is 5.82 Å². The van der Waals surface area contributed by atoms with Crippen LogP contribution in [0.2, 0.25) is 0 Å². The lowest BCUT2D eigenvalue weighted by molar-refractivity contribution is 0.292. The lowest BCUT2D eigenvalue weighted by Crippen LogP contribution is -2.37. The van der Waals surface area contributed by atoms with E-state index in [0.717, 1.165) is 42.9 Å². The molecule has 1 saturated carbocycles. The molecule has 1 N–H and O–H groups in total. The number of rotatable bonds is 5. The molecule has 0 radical (unpaired) electrons. The molecule has 144 valence electrons. The summed E-state index contributed by atoms with van der Waals surface area (Å²) in [5.74, 6) is 2.70. The van der Waals surface area contributed by atoms with Gasteiger partial charge in [0.2, 0.25) is 0 Å². The number of pyridine rings is 1. The number of aryl methyl sites for hydroxylation is 1. The van der Waals surface area contributed by atoms with Crippen molar-refractivity contribution in [2.24, 2.45) is 5.92 Å². The van der Waals surface area contributed by atoms with Crippen LogP contribution in [0.5, 0.6) is 5.75 Å². The molecule has 0 bridgehead atoms. The summed E-state index contributed by atoms with van der Waals surface area (Å²) in [5.41, 5.74) is 3.71. The van der Waals surface area contributed by atoms with Gasteiger partial charge in [-0.15, -0.1) is 0 Å². The van der Waals surface area contributed by atoms with Crippen LogP contribution in [0.4, 0.5) is 11.5 Å². The minimum atomic E-state index is 0.197. The van der Waals surface area contributed by atoms with E-state index in [4.69, 9.17) is 4.74 Å². The number of fused-ring (bicyclic) bond motifs is 1. The highest BCUT2D eigenvalue weighted by atomic mass is 16.5. The Labute approximate surface area is 162 Å². The van der Waals surface area contributed by atoms with E-state index in [-0.39, 0.29) is 6.04 Å². The molecule has 1 aliphatic carbocycles. The summed E-state index contributed by atoms with van der Waals surface area (Å²) in [5, 5.41) is 3.64. The van der Waals surface area contributed by atoms with Gasteiger partial charge < -0.3 is 15.0 Å². The third-order valence-electron chi connectivity index (χ3n) is 5.96. The van der Waals surface area contributed by atoms with Crippen LogP contribution in [-0.4, -0.2) is 24.7 Å². The first kappa shape index (κ1) is 18.1. The summed E-state index contributed by atoms with van der Waals surface area (Å²) < 4.78 is 5.96. The van der Waals surface area contributed by atoms with Crippen molar-refractivity contribution in [1.82, 2.24) is 4.98 Å². The first-order valence-corrected chi connectivity index (χ1v) is 10.4. The van der Waals surface area contributed by atoms with Crippen LogP contribution < -0.4 is 15.0 Å². The predicted octanol–water partition coefficient (Wildman–Crippen LogP) is 5.34. The highest BCUT2D eigenvalue weighted by Crippen LogP contribution is 2.39. The second-order valence-corrected chi connectivity index (χ2v) is 8.08. The topological polar surface area (TPSA) is 37.4 Å². The third-order valence-corrected chi connectivity index (χ3v) is 5.96. The second-order valence-electron chi connectivity index (χ2n) is 8.08. The number of ether oxygens (including phenoxy) is 1. The molecule has 4 heteroatoms. The molecule has 1 aliphatic heterocycles. The van der Waals surface area contributed by atoms with Crippen LogP contribution in [0.1, 0.15) is 56.2 Å². The molecule has 27 heavy (non-hydrogen) atoms. The molecule has 1 unspecified atom stereocenters. The number of hydrogen-bond donors (Lipinski definition) is 1. The van der Waals surface area contributed by atoms with E-state index in [0.29, 0.717) is 0 Å². The summed E-state index contributed by atoms with van der Waals surface area (Å²) in [6.45, 7) is 7.15. The Bertz CT molecular complexity index is 753. The minimum Gasteiger partial charge on any atom is -0.489 e. The van der Waals surface area contributed by atoms with Gasteiger partial charge in [0, 0.05) is 18.8 Å². The van der Waals surface area contributed by atoms with Crippen LogP contribution in [0.15, 0.2) is 36.5 Å². The van der Waals surface area contributed by atoms with Gasteiger partial charge in [0.05, 0.1) is 12.6 Å². The molecular formula is C23H31N3O. The molecule has 1 aromatic carbocycles. The lowest BCUT2D eigenvalue weighted by atomic mass is 9.89. The standard InChI is InChI=1S/C23H31N3O/c1-17-8-10-20(11-9-17)18(2)25-23-22-21(12-13-24-23)27-15-14-26(22)16-19-6-4-3-5-7-19/h8-13,18-19H,3-7,14-16H2,1-2H3,(H,24,25). The Morgan fingerprint density at radius 1 is 1.15 bits per heavy atom. The third kappa shape index (κ3) is 4.20. The maximum atomic E-state index is 5.96. The smallest absolute Gasteiger partial charge is 0.153 e. The summed E-state index contributed by atoms with van der Waals surface area (Å²) in [6.07, 6.45) is 8.73.